The minimum atomic E-state index is 0.449. The Morgan fingerprint density at radius 3 is 1.97 bits per heavy atom. The second-order valence-corrected chi connectivity index (χ2v) is 16.7. The zero-order valence-corrected chi connectivity index (χ0v) is 33.1. The molecule has 2 aliphatic carbocycles. The third kappa shape index (κ3) is 5.61. The maximum atomic E-state index is 2.44. The summed E-state index contributed by atoms with van der Waals surface area (Å²) in [6.07, 6.45) is 14.6. The van der Waals surface area contributed by atoms with Crippen LogP contribution in [-0.4, -0.2) is 4.57 Å². The van der Waals surface area contributed by atoms with Gasteiger partial charge in [-0.15, -0.1) is 11.3 Å². The highest BCUT2D eigenvalue weighted by molar-refractivity contribution is 7.26. The molecule has 2 aromatic heterocycles. The molecule has 2 nitrogen and oxygen atoms in total. The van der Waals surface area contributed by atoms with E-state index in [-0.39, 0.29) is 0 Å². The van der Waals surface area contributed by atoms with Gasteiger partial charge in [-0.05, 0) is 118 Å². The minimum absolute atomic E-state index is 0.449. The number of para-hydroxylation sites is 1. The summed E-state index contributed by atoms with van der Waals surface area (Å²) in [5, 5.41) is 7.65. The standard InChI is InChI=1S/C56H38N2S/c1-2-13-42-36-53-50(35-41(42)12-1)48-16-5-7-19-51(48)58(53)45-31-25-38(26-32-45)37-23-29-43(30-24-37)57(52-20-10-22-55-56(52)49-17-6-8-21-54(49)59-55)44-33-27-40(28-34-44)47-18-9-14-39-11-3-4-15-46(39)47/h1-13,15-36,39H,14H2. The van der Waals surface area contributed by atoms with Gasteiger partial charge in [0.15, 0.2) is 0 Å². The Balaban J connectivity index is 0.937. The van der Waals surface area contributed by atoms with Gasteiger partial charge < -0.3 is 9.47 Å². The van der Waals surface area contributed by atoms with Crippen molar-refractivity contribution >= 4 is 86.7 Å². The number of thiophene rings is 1. The molecule has 0 spiro atoms. The summed E-state index contributed by atoms with van der Waals surface area (Å²) in [6, 6.07) is 64.9. The molecule has 10 aromatic rings. The topological polar surface area (TPSA) is 8.17 Å². The lowest BCUT2D eigenvalue weighted by atomic mass is 9.82. The molecule has 0 amide bonds. The number of fused-ring (bicyclic) bond motifs is 8. The first kappa shape index (κ1) is 33.9. The molecule has 59 heavy (non-hydrogen) atoms. The SMILES string of the molecule is C1=CC2=C(c3ccc(N(c4ccc(-c5ccc(-n6c7ccccc7c7cc8ccccc8cc76)cc5)cc4)c4cccc5sc6ccccc6c45)cc3)C=CCC2C=C1. The van der Waals surface area contributed by atoms with E-state index in [4.69, 9.17) is 0 Å². The number of anilines is 3. The van der Waals surface area contributed by atoms with E-state index in [0.717, 1.165) is 23.5 Å². The third-order valence-corrected chi connectivity index (χ3v) is 13.4. The molecule has 1 unspecified atom stereocenters. The van der Waals surface area contributed by atoms with Gasteiger partial charge in [-0.2, -0.15) is 0 Å². The molecule has 0 radical (unpaired) electrons. The lowest BCUT2D eigenvalue weighted by Gasteiger charge is -2.27. The third-order valence-electron chi connectivity index (χ3n) is 12.3. The first-order chi connectivity index (χ1) is 29.2. The first-order valence-electron chi connectivity index (χ1n) is 20.4. The molecule has 2 heterocycles. The molecule has 12 rings (SSSR count). The van der Waals surface area contributed by atoms with Gasteiger partial charge in [-0.1, -0.05) is 140 Å². The van der Waals surface area contributed by atoms with Crippen molar-refractivity contribution in [2.75, 3.05) is 4.90 Å². The molecule has 1 atom stereocenters. The van der Waals surface area contributed by atoms with Crippen molar-refractivity contribution in [3.05, 3.63) is 224 Å². The number of aromatic nitrogens is 1. The Morgan fingerprint density at radius 2 is 1.17 bits per heavy atom. The zero-order valence-electron chi connectivity index (χ0n) is 32.3. The maximum absolute atomic E-state index is 2.44. The van der Waals surface area contributed by atoms with E-state index in [1.807, 2.05) is 11.3 Å². The number of allylic oxidation sites excluding steroid dienone is 8. The average molecular weight is 771 g/mol. The predicted molar refractivity (Wildman–Crippen MR) is 254 cm³/mol. The van der Waals surface area contributed by atoms with Gasteiger partial charge >= 0.3 is 0 Å². The number of benzene rings is 8. The van der Waals surface area contributed by atoms with Crippen LogP contribution in [-0.2, 0) is 0 Å². The zero-order chi connectivity index (χ0) is 38.9. The van der Waals surface area contributed by atoms with E-state index in [1.165, 1.54) is 86.3 Å². The number of hydrogen-bond acceptors (Lipinski definition) is 2. The fraction of sp³-hybridized carbons (Fsp3) is 0.0357. The van der Waals surface area contributed by atoms with Crippen LogP contribution in [0.1, 0.15) is 12.0 Å². The van der Waals surface area contributed by atoms with Gasteiger partial charge in [0.25, 0.3) is 0 Å². The fourth-order valence-electron chi connectivity index (χ4n) is 9.47. The van der Waals surface area contributed by atoms with E-state index in [9.17, 15) is 0 Å². The lowest BCUT2D eigenvalue weighted by molar-refractivity contribution is 0.784. The summed E-state index contributed by atoms with van der Waals surface area (Å²) >= 11 is 1.86. The average Bonchev–Trinajstić information content (AvgIpc) is 3.84. The Labute approximate surface area is 347 Å². The van der Waals surface area contributed by atoms with Gasteiger partial charge in [-0.25, -0.2) is 0 Å². The van der Waals surface area contributed by atoms with Crippen LogP contribution in [0, 0.1) is 5.92 Å². The maximum Gasteiger partial charge on any atom is 0.0554 e. The summed E-state index contributed by atoms with van der Waals surface area (Å²) in [4.78, 5) is 2.44. The van der Waals surface area contributed by atoms with Crippen molar-refractivity contribution < 1.29 is 0 Å². The molecule has 8 aromatic carbocycles. The number of rotatable bonds is 6. The molecule has 0 saturated heterocycles. The number of hydrogen-bond donors (Lipinski definition) is 0. The molecule has 0 N–H and O–H groups in total. The molecule has 2 aliphatic rings. The van der Waals surface area contributed by atoms with Crippen molar-refractivity contribution in [3.8, 4) is 16.8 Å². The highest BCUT2D eigenvalue weighted by Gasteiger charge is 2.21. The summed E-state index contributed by atoms with van der Waals surface area (Å²) in [5.41, 5.74) is 13.4. The van der Waals surface area contributed by atoms with Gasteiger partial charge in [0.05, 0.1) is 16.7 Å². The van der Waals surface area contributed by atoms with Gasteiger partial charge in [0.1, 0.15) is 0 Å². The predicted octanol–water partition coefficient (Wildman–Crippen LogP) is 15.9. The summed E-state index contributed by atoms with van der Waals surface area (Å²) in [7, 11) is 0. The molecular weight excluding hydrogens is 733 g/mol. The fourth-order valence-corrected chi connectivity index (χ4v) is 10.6. The van der Waals surface area contributed by atoms with Crippen molar-refractivity contribution in [3.63, 3.8) is 0 Å². The quantitative estimate of drug-likeness (QED) is 0.163. The van der Waals surface area contributed by atoms with Gasteiger partial charge in [0, 0.05) is 53.9 Å². The van der Waals surface area contributed by atoms with Crippen LogP contribution in [0.25, 0.3) is 75.1 Å². The largest absolute Gasteiger partial charge is 0.310 e. The normalized spacial score (nSPS) is 14.9. The Kier molecular flexibility index (Phi) is 7.89. The van der Waals surface area contributed by atoms with Crippen LogP contribution < -0.4 is 4.90 Å². The second kappa shape index (κ2) is 13.7. The van der Waals surface area contributed by atoms with Crippen LogP contribution >= 0.6 is 11.3 Å². The van der Waals surface area contributed by atoms with E-state index >= 15 is 0 Å². The van der Waals surface area contributed by atoms with E-state index in [2.05, 4.69) is 222 Å². The number of nitrogens with zero attached hydrogens (tertiary/aromatic N) is 2. The Bertz CT molecular complexity index is 3390. The Hall–Kier alpha value is -7.20. The first-order valence-corrected chi connectivity index (χ1v) is 21.3. The molecule has 278 valence electrons. The smallest absolute Gasteiger partial charge is 0.0554 e. The summed E-state index contributed by atoms with van der Waals surface area (Å²) in [5.74, 6) is 0.449. The highest BCUT2D eigenvalue weighted by atomic mass is 32.1. The van der Waals surface area contributed by atoms with Crippen molar-refractivity contribution in [2.24, 2.45) is 5.92 Å². The summed E-state index contributed by atoms with van der Waals surface area (Å²) < 4.78 is 5.01. The van der Waals surface area contributed by atoms with Gasteiger partial charge in [0.2, 0.25) is 0 Å². The van der Waals surface area contributed by atoms with Crippen LogP contribution in [0.5, 0.6) is 0 Å². The van der Waals surface area contributed by atoms with E-state index in [1.54, 1.807) is 0 Å². The molecule has 0 bridgehead atoms. The molecule has 0 saturated carbocycles. The highest BCUT2D eigenvalue weighted by Crippen LogP contribution is 2.46. The van der Waals surface area contributed by atoms with Crippen molar-refractivity contribution in [1.82, 2.24) is 4.57 Å². The molecule has 3 heteroatoms. The van der Waals surface area contributed by atoms with Crippen LogP contribution in [0.15, 0.2) is 218 Å². The van der Waals surface area contributed by atoms with Crippen molar-refractivity contribution in [1.29, 1.82) is 0 Å². The van der Waals surface area contributed by atoms with Crippen LogP contribution in [0.2, 0.25) is 0 Å². The van der Waals surface area contributed by atoms with Crippen LogP contribution in [0.4, 0.5) is 17.1 Å². The van der Waals surface area contributed by atoms with E-state index < -0.39 is 0 Å². The monoisotopic (exact) mass is 770 g/mol. The molecule has 0 fully saturated rings. The minimum Gasteiger partial charge on any atom is -0.310 e. The van der Waals surface area contributed by atoms with Crippen molar-refractivity contribution in [2.45, 2.75) is 6.42 Å². The second-order valence-electron chi connectivity index (χ2n) is 15.7. The van der Waals surface area contributed by atoms with Gasteiger partial charge in [-0.3, -0.25) is 0 Å². The molecule has 0 aliphatic heterocycles. The lowest BCUT2D eigenvalue weighted by Crippen LogP contribution is -2.10. The van der Waals surface area contributed by atoms with Crippen LogP contribution in [0.3, 0.4) is 0 Å². The Morgan fingerprint density at radius 1 is 0.508 bits per heavy atom. The molecular formula is C56H38N2S. The van der Waals surface area contributed by atoms with E-state index in [0.29, 0.717) is 5.92 Å². The summed E-state index contributed by atoms with van der Waals surface area (Å²) in [6.45, 7) is 0.